The molecule has 3 aromatic carbocycles. The molecule has 2 aliphatic heterocycles. The van der Waals surface area contributed by atoms with E-state index in [1.807, 2.05) is 91.0 Å². The lowest BCUT2D eigenvalue weighted by Crippen LogP contribution is -2.62. The maximum atomic E-state index is 6.72. The second-order valence-electron chi connectivity index (χ2n) is 12.7. The van der Waals surface area contributed by atoms with Gasteiger partial charge in [-0.05, 0) is 16.7 Å². The highest BCUT2D eigenvalue weighted by molar-refractivity contribution is 5.15. The molecule has 13 heteroatoms. The fourth-order valence-corrected chi connectivity index (χ4v) is 6.33. The van der Waals surface area contributed by atoms with Gasteiger partial charge in [-0.15, -0.1) is 0 Å². The van der Waals surface area contributed by atoms with Crippen LogP contribution in [-0.4, -0.2) is 117 Å². The Labute approximate surface area is 312 Å². The largest absolute Gasteiger partial charge is 0.368 e. The van der Waals surface area contributed by atoms with E-state index in [4.69, 9.17) is 61.6 Å². The third-order valence-electron chi connectivity index (χ3n) is 8.87. The summed E-state index contributed by atoms with van der Waals surface area (Å²) in [7, 11) is 6.26. The van der Waals surface area contributed by atoms with Gasteiger partial charge in [-0.2, -0.15) is 0 Å². The van der Waals surface area contributed by atoms with Gasteiger partial charge in [0.2, 0.25) is 0 Å². The first kappa shape index (κ1) is 41.3. The van der Waals surface area contributed by atoms with Crippen LogP contribution in [0, 0.1) is 0 Å². The van der Waals surface area contributed by atoms with Crippen molar-refractivity contribution in [3.8, 4) is 0 Å². The Kier molecular flexibility index (Phi) is 18.0. The molecule has 3 aromatic rings. The minimum atomic E-state index is -0.795. The van der Waals surface area contributed by atoms with Crippen LogP contribution in [0.4, 0.5) is 0 Å². The van der Waals surface area contributed by atoms with Gasteiger partial charge in [0.05, 0.1) is 39.1 Å². The van der Waals surface area contributed by atoms with Crippen molar-refractivity contribution in [3.63, 3.8) is 0 Å². The van der Waals surface area contributed by atoms with Gasteiger partial charge in [0, 0.05) is 34.9 Å². The first-order valence-electron chi connectivity index (χ1n) is 17.8. The quantitative estimate of drug-likeness (QED) is 0.0975. The summed E-state index contributed by atoms with van der Waals surface area (Å²) in [6.45, 7) is 1.37. The summed E-state index contributed by atoms with van der Waals surface area (Å²) in [6, 6.07) is 29.9. The van der Waals surface area contributed by atoms with Crippen molar-refractivity contribution in [2.24, 2.45) is 0 Å². The predicted molar refractivity (Wildman–Crippen MR) is 191 cm³/mol. The molecule has 0 saturated carbocycles. The van der Waals surface area contributed by atoms with E-state index in [0.717, 1.165) is 16.7 Å². The van der Waals surface area contributed by atoms with Crippen molar-refractivity contribution < 1.29 is 61.6 Å². The van der Waals surface area contributed by atoms with E-state index >= 15 is 0 Å². The maximum Gasteiger partial charge on any atom is 0.186 e. The van der Waals surface area contributed by atoms with Gasteiger partial charge in [0.1, 0.15) is 57.0 Å². The SMILES string of the molecule is COCOCC1O[C@H](OCC2O[C@H](OC)C(OCc3ccccc3)C(OCc3ccccc3)[C@@H]2OCc2ccccc2)C[C@@H](OCOC)[C@H]1OCOC. The Balaban J connectivity index is 1.38. The highest BCUT2D eigenvalue weighted by atomic mass is 16.8. The lowest BCUT2D eigenvalue weighted by atomic mass is 9.97. The van der Waals surface area contributed by atoms with E-state index in [1.54, 1.807) is 28.4 Å². The number of benzene rings is 3. The zero-order valence-corrected chi connectivity index (χ0v) is 31.0. The van der Waals surface area contributed by atoms with Crippen molar-refractivity contribution in [2.75, 3.05) is 62.0 Å². The molecule has 5 rings (SSSR count). The van der Waals surface area contributed by atoms with E-state index < -0.39 is 55.3 Å². The summed E-state index contributed by atoms with van der Waals surface area (Å²) < 4.78 is 78.7. The van der Waals surface area contributed by atoms with Gasteiger partial charge in [-0.1, -0.05) is 91.0 Å². The summed E-state index contributed by atoms with van der Waals surface area (Å²) >= 11 is 0. The van der Waals surface area contributed by atoms with E-state index in [0.29, 0.717) is 26.2 Å². The van der Waals surface area contributed by atoms with E-state index in [2.05, 4.69) is 0 Å². The molecule has 2 saturated heterocycles. The van der Waals surface area contributed by atoms with Gasteiger partial charge in [-0.3, -0.25) is 0 Å². The average Bonchev–Trinajstić information content (AvgIpc) is 3.20. The Morgan fingerprint density at radius 2 is 1.00 bits per heavy atom. The summed E-state index contributed by atoms with van der Waals surface area (Å²) in [5, 5.41) is 0. The number of ether oxygens (including phenoxy) is 13. The smallest absolute Gasteiger partial charge is 0.186 e. The molecule has 9 atom stereocenters. The van der Waals surface area contributed by atoms with Gasteiger partial charge in [0.25, 0.3) is 0 Å². The molecular weight excluding hydrogens is 688 g/mol. The second kappa shape index (κ2) is 23.1. The lowest BCUT2D eigenvalue weighted by molar-refractivity contribution is -0.336. The fraction of sp³-hybridized carbons (Fsp3) is 0.550. The lowest BCUT2D eigenvalue weighted by Gasteiger charge is -2.46. The zero-order chi connectivity index (χ0) is 37.1. The molecule has 2 aliphatic rings. The highest BCUT2D eigenvalue weighted by Crippen LogP contribution is 2.33. The van der Waals surface area contributed by atoms with Crippen LogP contribution in [-0.2, 0) is 81.4 Å². The van der Waals surface area contributed by atoms with Crippen LogP contribution >= 0.6 is 0 Å². The molecule has 292 valence electrons. The molecule has 2 heterocycles. The molecule has 0 N–H and O–H groups in total. The molecule has 4 unspecified atom stereocenters. The Morgan fingerprint density at radius 1 is 0.491 bits per heavy atom. The molecule has 13 nitrogen and oxygen atoms in total. The molecule has 0 aliphatic carbocycles. The third kappa shape index (κ3) is 12.9. The molecule has 53 heavy (non-hydrogen) atoms. The van der Waals surface area contributed by atoms with E-state index in [-0.39, 0.29) is 33.6 Å². The van der Waals surface area contributed by atoms with Crippen LogP contribution in [0.5, 0.6) is 0 Å². The molecule has 2 fully saturated rings. The van der Waals surface area contributed by atoms with Crippen LogP contribution < -0.4 is 0 Å². The normalized spacial score (nSPS) is 27.5. The second-order valence-corrected chi connectivity index (χ2v) is 12.7. The summed E-state index contributed by atoms with van der Waals surface area (Å²) in [6.07, 6.45) is -5.24. The monoisotopic (exact) mass is 742 g/mol. The van der Waals surface area contributed by atoms with Crippen molar-refractivity contribution >= 4 is 0 Å². The predicted octanol–water partition coefficient (Wildman–Crippen LogP) is 4.84. The molecule has 0 aromatic heterocycles. The van der Waals surface area contributed by atoms with Gasteiger partial charge in [-0.25, -0.2) is 0 Å². The number of methoxy groups -OCH3 is 4. The summed E-state index contributed by atoms with van der Waals surface area (Å²) in [5.41, 5.74) is 3.02. The first-order chi connectivity index (χ1) is 26.1. The van der Waals surface area contributed by atoms with Crippen molar-refractivity contribution in [1.29, 1.82) is 0 Å². The Bertz CT molecular complexity index is 1370. The number of rotatable bonds is 23. The maximum absolute atomic E-state index is 6.72. The first-order valence-corrected chi connectivity index (χ1v) is 17.8. The molecule has 0 bridgehead atoms. The Morgan fingerprint density at radius 3 is 1.55 bits per heavy atom. The number of hydrogen-bond donors (Lipinski definition) is 0. The van der Waals surface area contributed by atoms with E-state index in [9.17, 15) is 0 Å². The molecular formula is C40H54O13. The molecule has 0 spiro atoms. The van der Waals surface area contributed by atoms with Crippen molar-refractivity contribution in [2.45, 2.75) is 81.5 Å². The average molecular weight is 743 g/mol. The zero-order valence-electron chi connectivity index (χ0n) is 31.0. The molecule has 0 radical (unpaired) electrons. The fourth-order valence-electron chi connectivity index (χ4n) is 6.33. The standard InChI is InChI=1S/C40H54O13/c1-41-26-45-24-33-36(51-28-43-3)32(50-27-42-2)20-35(52-33)46-25-34-37(47-21-29-14-8-5-9-15-29)38(48-22-30-16-10-6-11-17-30)39(40(44-4)53-34)49-23-31-18-12-7-13-19-31/h5-19,32-40H,20-28H2,1-4H3/t32-,33?,34?,35+,36-,37-,38?,39?,40+/m1/s1. The van der Waals surface area contributed by atoms with Crippen molar-refractivity contribution in [3.05, 3.63) is 108 Å². The van der Waals surface area contributed by atoms with Crippen LogP contribution in [0.2, 0.25) is 0 Å². The minimum absolute atomic E-state index is 0.0415. The highest BCUT2D eigenvalue weighted by Gasteiger charge is 2.49. The topological polar surface area (TPSA) is 120 Å². The van der Waals surface area contributed by atoms with E-state index in [1.165, 1.54) is 0 Å². The van der Waals surface area contributed by atoms with Gasteiger partial charge in [0.15, 0.2) is 12.6 Å². The van der Waals surface area contributed by atoms with Crippen LogP contribution in [0.1, 0.15) is 23.1 Å². The minimum Gasteiger partial charge on any atom is -0.368 e. The van der Waals surface area contributed by atoms with Crippen LogP contribution in [0.15, 0.2) is 91.0 Å². The number of hydrogen-bond acceptors (Lipinski definition) is 13. The van der Waals surface area contributed by atoms with Crippen molar-refractivity contribution in [1.82, 2.24) is 0 Å². The van der Waals surface area contributed by atoms with Gasteiger partial charge >= 0.3 is 0 Å². The summed E-state index contributed by atoms with van der Waals surface area (Å²) in [4.78, 5) is 0. The Hall–Kier alpha value is -2.86. The summed E-state index contributed by atoms with van der Waals surface area (Å²) in [5.74, 6) is 0. The van der Waals surface area contributed by atoms with Crippen LogP contribution in [0.3, 0.4) is 0 Å². The molecule has 0 amide bonds. The van der Waals surface area contributed by atoms with Gasteiger partial charge < -0.3 is 61.6 Å². The third-order valence-corrected chi connectivity index (χ3v) is 8.87. The van der Waals surface area contributed by atoms with Crippen LogP contribution in [0.25, 0.3) is 0 Å².